The van der Waals surface area contributed by atoms with E-state index in [9.17, 15) is 4.79 Å². The summed E-state index contributed by atoms with van der Waals surface area (Å²) in [6.07, 6.45) is 0.991. The largest absolute Gasteiger partial charge is 0.496 e. The van der Waals surface area contributed by atoms with Crippen molar-refractivity contribution in [3.05, 3.63) is 29.8 Å². The summed E-state index contributed by atoms with van der Waals surface area (Å²) < 4.78 is 5.24. The molecule has 3 heteroatoms. The number of hydrogen-bond donors (Lipinski definition) is 1. The van der Waals surface area contributed by atoms with E-state index in [0.717, 1.165) is 17.9 Å². The van der Waals surface area contributed by atoms with Crippen LogP contribution >= 0.6 is 0 Å². The fraction of sp³-hybridized carbons (Fsp3) is 0.533. The summed E-state index contributed by atoms with van der Waals surface area (Å²) >= 11 is 0. The summed E-state index contributed by atoms with van der Waals surface area (Å²) in [5.74, 6) is 1.02. The van der Waals surface area contributed by atoms with Crippen molar-refractivity contribution in [2.75, 3.05) is 13.7 Å². The summed E-state index contributed by atoms with van der Waals surface area (Å²) in [6, 6.07) is 7.66. The molecule has 1 aromatic carbocycles. The summed E-state index contributed by atoms with van der Waals surface area (Å²) in [6.45, 7) is 7.00. The zero-order valence-corrected chi connectivity index (χ0v) is 11.7. The molecule has 0 unspecified atom stereocenters. The average molecular weight is 249 g/mol. The van der Waals surface area contributed by atoms with Crippen molar-refractivity contribution in [3.63, 3.8) is 0 Å². The second kappa shape index (κ2) is 6.55. The van der Waals surface area contributed by atoms with Crippen molar-refractivity contribution in [1.82, 2.24) is 5.32 Å². The molecule has 0 aliphatic rings. The van der Waals surface area contributed by atoms with Gasteiger partial charge in [0.15, 0.2) is 0 Å². The Hall–Kier alpha value is -1.35. The fourth-order valence-corrected chi connectivity index (χ4v) is 1.73. The topological polar surface area (TPSA) is 38.3 Å². The van der Waals surface area contributed by atoms with Gasteiger partial charge in [0.05, 0.1) is 7.11 Å². The first-order valence-electron chi connectivity index (χ1n) is 6.31. The second-order valence-corrected chi connectivity index (χ2v) is 5.45. The maximum absolute atomic E-state index is 11.9. The highest BCUT2D eigenvalue weighted by Crippen LogP contribution is 2.18. The van der Waals surface area contributed by atoms with Crippen LogP contribution in [0.3, 0.4) is 0 Å². The van der Waals surface area contributed by atoms with Gasteiger partial charge in [-0.1, -0.05) is 18.2 Å². The van der Waals surface area contributed by atoms with Crippen LogP contribution in [-0.2, 0) is 11.2 Å². The molecule has 0 bridgehead atoms. The summed E-state index contributed by atoms with van der Waals surface area (Å²) in [4.78, 5) is 11.9. The average Bonchev–Trinajstić information content (AvgIpc) is 2.28. The van der Waals surface area contributed by atoms with Crippen LogP contribution in [0, 0.1) is 0 Å². The van der Waals surface area contributed by atoms with E-state index in [1.807, 2.05) is 24.3 Å². The van der Waals surface area contributed by atoms with Crippen molar-refractivity contribution < 1.29 is 9.53 Å². The fourth-order valence-electron chi connectivity index (χ4n) is 1.73. The van der Waals surface area contributed by atoms with Gasteiger partial charge in [-0.05, 0) is 26.8 Å². The van der Waals surface area contributed by atoms with Crippen molar-refractivity contribution in [3.8, 4) is 5.75 Å². The minimum atomic E-state index is 0.0602. The second-order valence-electron chi connectivity index (χ2n) is 5.45. The van der Waals surface area contributed by atoms with Gasteiger partial charge in [0.2, 0.25) is 0 Å². The molecule has 18 heavy (non-hydrogen) atoms. The Bertz CT molecular complexity index is 394. The highest BCUT2D eigenvalue weighted by atomic mass is 16.5. The predicted molar refractivity (Wildman–Crippen MR) is 74.1 cm³/mol. The predicted octanol–water partition coefficient (Wildman–Crippen LogP) is 2.59. The van der Waals surface area contributed by atoms with Gasteiger partial charge in [-0.2, -0.15) is 0 Å². The molecular formula is C15H23NO2. The van der Waals surface area contributed by atoms with Gasteiger partial charge in [0.25, 0.3) is 0 Å². The zero-order valence-electron chi connectivity index (χ0n) is 11.7. The molecular weight excluding hydrogens is 226 g/mol. The van der Waals surface area contributed by atoms with Gasteiger partial charge in [-0.15, -0.1) is 0 Å². The minimum absolute atomic E-state index is 0.0602. The molecule has 1 aromatic rings. The molecule has 0 amide bonds. The number of Topliss-reactive ketones (excluding diaryl/α,β-unsaturated/α-hetero) is 1. The van der Waals surface area contributed by atoms with E-state index in [2.05, 4.69) is 26.1 Å². The monoisotopic (exact) mass is 249 g/mol. The lowest BCUT2D eigenvalue weighted by molar-refractivity contribution is -0.118. The van der Waals surface area contributed by atoms with Gasteiger partial charge < -0.3 is 10.1 Å². The van der Waals surface area contributed by atoms with Crippen LogP contribution in [0.5, 0.6) is 5.75 Å². The number of carbonyl (C=O) groups excluding carboxylic acids is 1. The van der Waals surface area contributed by atoms with Crippen LogP contribution in [0.15, 0.2) is 24.3 Å². The molecule has 0 saturated heterocycles. The Morgan fingerprint density at radius 3 is 2.56 bits per heavy atom. The van der Waals surface area contributed by atoms with Gasteiger partial charge >= 0.3 is 0 Å². The lowest BCUT2D eigenvalue weighted by Crippen LogP contribution is -2.37. The van der Waals surface area contributed by atoms with E-state index in [1.165, 1.54) is 0 Å². The Morgan fingerprint density at radius 2 is 1.94 bits per heavy atom. The van der Waals surface area contributed by atoms with Gasteiger partial charge in [0.1, 0.15) is 11.5 Å². The van der Waals surface area contributed by atoms with E-state index >= 15 is 0 Å². The molecule has 0 aromatic heterocycles. The quantitative estimate of drug-likeness (QED) is 0.842. The molecule has 0 fully saturated rings. The SMILES string of the molecule is COc1ccccc1CC(=O)CCNC(C)(C)C. The first-order chi connectivity index (χ1) is 8.42. The summed E-state index contributed by atoms with van der Waals surface area (Å²) in [7, 11) is 1.63. The van der Waals surface area contributed by atoms with E-state index < -0.39 is 0 Å². The first kappa shape index (κ1) is 14.7. The Morgan fingerprint density at radius 1 is 1.28 bits per heavy atom. The Balaban J connectivity index is 2.45. The number of ether oxygens (including phenoxy) is 1. The number of rotatable bonds is 6. The lowest BCUT2D eigenvalue weighted by atomic mass is 10.0. The van der Waals surface area contributed by atoms with Crippen LogP contribution in [0.25, 0.3) is 0 Å². The minimum Gasteiger partial charge on any atom is -0.496 e. The van der Waals surface area contributed by atoms with E-state index in [0.29, 0.717) is 12.8 Å². The summed E-state index contributed by atoms with van der Waals surface area (Å²) in [5, 5.41) is 3.32. The smallest absolute Gasteiger partial charge is 0.138 e. The number of nitrogens with one attached hydrogen (secondary N) is 1. The number of benzene rings is 1. The molecule has 3 nitrogen and oxygen atoms in total. The first-order valence-corrected chi connectivity index (χ1v) is 6.31. The van der Waals surface area contributed by atoms with Crippen LogP contribution < -0.4 is 10.1 Å². The van der Waals surface area contributed by atoms with Crippen molar-refractivity contribution in [2.45, 2.75) is 39.2 Å². The van der Waals surface area contributed by atoms with Crippen molar-refractivity contribution in [1.29, 1.82) is 0 Å². The summed E-state index contributed by atoms with van der Waals surface area (Å²) in [5.41, 5.74) is 1.02. The van der Waals surface area contributed by atoms with Crippen molar-refractivity contribution >= 4 is 5.78 Å². The van der Waals surface area contributed by atoms with Gasteiger partial charge in [0, 0.05) is 30.5 Å². The van der Waals surface area contributed by atoms with Crippen LogP contribution in [0.2, 0.25) is 0 Å². The molecule has 0 aliphatic heterocycles. The lowest BCUT2D eigenvalue weighted by Gasteiger charge is -2.20. The highest BCUT2D eigenvalue weighted by molar-refractivity contribution is 5.81. The van der Waals surface area contributed by atoms with Crippen LogP contribution in [0.1, 0.15) is 32.8 Å². The third-order valence-corrected chi connectivity index (χ3v) is 2.64. The maximum atomic E-state index is 11.9. The number of carbonyl (C=O) groups is 1. The van der Waals surface area contributed by atoms with Crippen LogP contribution in [0.4, 0.5) is 0 Å². The molecule has 0 spiro atoms. The zero-order chi connectivity index (χ0) is 13.6. The molecule has 0 heterocycles. The number of para-hydroxylation sites is 1. The third kappa shape index (κ3) is 5.32. The van der Waals surface area contributed by atoms with Gasteiger partial charge in [-0.25, -0.2) is 0 Å². The van der Waals surface area contributed by atoms with Gasteiger partial charge in [-0.3, -0.25) is 4.79 Å². The normalized spacial score (nSPS) is 11.3. The molecule has 1 N–H and O–H groups in total. The molecule has 0 radical (unpaired) electrons. The Labute approximate surface area is 110 Å². The van der Waals surface area contributed by atoms with Crippen LogP contribution in [-0.4, -0.2) is 25.0 Å². The molecule has 0 aliphatic carbocycles. The molecule has 0 saturated carbocycles. The highest BCUT2D eigenvalue weighted by Gasteiger charge is 2.11. The third-order valence-electron chi connectivity index (χ3n) is 2.64. The Kier molecular flexibility index (Phi) is 5.35. The van der Waals surface area contributed by atoms with E-state index in [-0.39, 0.29) is 11.3 Å². The molecule has 1 rings (SSSR count). The molecule has 0 atom stereocenters. The number of methoxy groups -OCH3 is 1. The van der Waals surface area contributed by atoms with E-state index in [4.69, 9.17) is 4.74 Å². The molecule has 100 valence electrons. The number of ketones is 1. The number of hydrogen-bond acceptors (Lipinski definition) is 3. The van der Waals surface area contributed by atoms with E-state index in [1.54, 1.807) is 7.11 Å². The standard InChI is InChI=1S/C15H23NO2/c1-15(2,3)16-10-9-13(17)11-12-7-5-6-8-14(12)18-4/h5-8,16H,9-11H2,1-4H3. The van der Waals surface area contributed by atoms with Crippen molar-refractivity contribution in [2.24, 2.45) is 0 Å². The maximum Gasteiger partial charge on any atom is 0.138 e.